The molecule has 0 aromatic carbocycles. The summed E-state index contributed by atoms with van der Waals surface area (Å²) in [5.41, 5.74) is -0.378. The highest BCUT2D eigenvalue weighted by Crippen LogP contribution is 2.25. The van der Waals surface area contributed by atoms with E-state index in [2.05, 4.69) is 5.32 Å². The van der Waals surface area contributed by atoms with Gasteiger partial charge in [0.1, 0.15) is 0 Å². The van der Waals surface area contributed by atoms with Gasteiger partial charge in [-0.3, -0.25) is 14.3 Å². The highest BCUT2D eigenvalue weighted by atomic mass is 32.2. The van der Waals surface area contributed by atoms with Crippen LogP contribution < -0.4 is 5.32 Å². The molecule has 0 radical (unpaired) electrons. The number of carbonyl (C=O) groups is 1. The maximum absolute atomic E-state index is 12.2. The third kappa shape index (κ3) is 2.02. The molecule has 2 saturated heterocycles. The molecule has 1 atom stereocenters. The normalized spacial score (nSPS) is 40.4. The Labute approximate surface area is 99.2 Å². The first kappa shape index (κ1) is 12.0. The summed E-state index contributed by atoms with van der Waals surface area (Å²) < 4.78 is 11.3. The van der Waals surface area contributed by atoms with Gasteiger partial charge in [-0.25, -0.2) is 0 Å². The van der Waals surface area contributed by atoms with Crippen molar-refractivity contribution in [2.45, 2.75) is 44.7 Å². The SMILES string of the molecule is CCC1(C)NCN(C2CCS(=O)CC2)C1=O. The van der Waals surface area contributed by atoms with Crippen molar-refractivity contribution in [3.8, 4) is 0 Å². The third-order valence-corrected chi connectivity index (χ3v) is 5.26. The van der Waals surface area contributed by atoms with Gasteiger partial charge in [0.2, 0.25) is 5.91 Å². The zero-order chi connectivity index (χ0) is 11.8. The molecule has 0 spiro atoms. The van der Waals surface area contributed by atoms with Crippen LogP contribution in [0.4, 0.5) is 0 Å². The van der Waals surface area contributed by atoms with Crippen molar-refractivity contribution in [2.24, 2.45) is 0 Å². The molecule has 1 unspecified atom stereocenters. The Hall–Kier alpha value is -0.420. The van der Waals surface area contributed by atoms with Crippen LogP contribution >= 0.6 is 0 Å². The number of amides is 1. The Balaban J connectivity index is 2.02. The molecule has 2 fully saturated rings. The Morgan fingerprint density at radius 1 is 1.50 bits per heavy atom. The van der Waals surface area contributed by atoms with Crippen LogP contribution in [-0.4, -0.2) is 44.8 Å². The highest BCUT2D eigenvalue weighted by molar-refractivity contribution is 7.85. The summed E-state index contributed by atoms with van der Waals surface area (Å²) >= 11 is 0. The maximum atomic E-state index is 12.2. The molecular weight excluding hydrogens is 224 g/mol. The molecule has 0 aromatic heterocycles. The maximum Gasteiger partial charge on any atom is 0.243 e. The second-order valence-electron chi connectivity index (χ2n) is 4.87. The Kier molecular flexibility index (Phi) is 3.35. The molecule has 4 nitrogen and oxygen atoms in total. The molecule has 92 valence electrons. The van der Waals surface area contributed by atoms with Crippen molar-refractivity contribution in [1.82, 2.24) is 10.2 Å². The largest absolute Gasteiger partial charge is 0.325 e. The predicted molar refractivity (Wildman–Crippen MR) is 64.4 cm³/mol. The number of nitrogens with zero attached hydrogens (tertiary/aromatic N) is 1. The smallest absolute Gasteiger partial charge is 0.243 e. The van der Waals surface area contributed by atoms with Crippen molar-refractivity contribution in [3.05, 3.63) is 0 Å². The Bertz CT molecular complexity index is 311. The van der Waals surface area contributed by atoms with Crippen molar-refractivity contribution in [1.29, 1.82) is 0 Å². The zero-order valence-corrected chi connectivity index (χ0v) is 10.8. The first-order valence-corrected chi connectivity index (χ1v) is 7.46. The molecule has 0 aliphatic carbocycles. The molecule has 2 rings (SSSR count). The quantitative estimate of drug-likeness (QED) is 0.767. The standard InChI is InChI=1S/C11H20N2O2S/c1-3-11(2)10(14)13(8-12-11)9-4-6-16(15)7-5-9/h9,12H,3-8H2,1-2H3. The van der Waals surface area contributed by atoms with Crippen molar-refractivity contribution in [3.63, 3.8) is 0 Å². The second kappa shape index (κ2) is 4.45. The van der Waals surface area contributed by atoms with Crippen molar-refractivity contribution >= 4 is 16.7 Å². The van der Waals surface area contributed by atoms with E-state index in [0.717, 1.165) is 30.8 Å². The Morgan fingerprint density at radius 2 is 2.12 bits per heavy atom. The molecule has 0 saturated carbocycles. The van der Waals surface area contributed by atoms with Crippen LogP contribution in [0.15, 0.2) is 0 Å². The number of rotatable bonds is 2. The van der Waals surface area contributed by atoms with E-state index in [1.54, 1.807) is 0 Å². The van der Waals surface area contributed by atoms with Crippen LogP contribution in [0.5, 0.6) is 0 Å². The minimum absolute atomic E-state index is 0.215. The summed E-state index contributed by atoms with van der Waals surface area (Å²) in [7, 11) is -0.652. The summed E-state index contributed by atoms with van der Waals surface area (Å²) in [4.78, 5) is 14.2. The molecule has 16 heavy (non-hydrogen) atoms. The van der Waals surface area contributed by atoms with E-state index in [1.165, 1.54) is 0 Å². The fourth-order valence-electron chi connectivity index (χ4n) is 2.39. The molecule has 2 aliphatic heterocycles. The molecule has 0 aromatic rings. The van der Waals surface area contributed by atoms with Gasteiger partial charge in [0.25, 0.3) is 0 Å². The average Bonchev–Trinajstić information content (AvgIpc) is 2.59. The van der Waals surface area contributed by atoms with Crippen LogP contribution in [0.3, 0.4) is 0 Å². The number of hydrogen-bond acceptors (Lipinski definition) is 3. The van der Waals surface area contributed by atoms with Crippen LogP contribution in [0.2, 0.25) is 0 Å². The lowest BCUT2D eigenvalue weighted by Gasteiger charge is -2.31. The lowest BCUT2D eigenvalue weighted by Crippen LogP contribution is -2.46. The Morgan fingerprint density at radius 3 is 2.62 bits per heavy atom. The third-order valence-electron chi connectivity index (χ3n) is 3.88. The molecule has 1 amide bonds. The van der Waals surface area contributed by atoms with Gasteiger partial charge < -0.3 is 4.90 Å². The summed E-state index contributed by atoms with van der Waals surface area (Å²) in [6, 6.07) is 0.297. The lowest BCUT2D eigenvalue weighted by molar-refractivity contribution is -0.134. The van der Waals surface area contributed by atoms with E-state index in [4.69, 9.17) is 0 Å². The van der Waals surface area contributed by atoms with Gasteiger partial charge in [0, 0.05) is 28.3 Å². The first-order valence-electron chi connectivity index (χ1n) is 5.98. The topological polar surface area (TPSA) is 49.4 Å². The first-order chi connectivity index (χ1) is 7.57. The zero-order valence-electron chi connectivity index (χ0n) is 9.99. The summed E-state index contributed by atoms with van der Waals surface area (Å²) in [5, 5.41) is 3.29. The molecule has 5 heteroatoms. The van der Waals surface area contributed by atoms with Crippen LogP contribution in [-0.2, 0) is 15.6 Å². The summed E-state index contributed by atoms with van der Waals surface area (Å²) in [6.45, 7) is 4.65. The molecular formula is C11H20N2O2S. The van der Waals surface area contributed by atoms with Gasteiger partial charge in [0.05, 0.1) is 12.2 Å². The fraction of sp³-hybridized carbons (Fsp3) is 0.909. The molecule has 2 aliphatic rings. The van der Waals surface area contributed by atoms with Gasteiger partial charge in [0.15, 0.2) is 0 Å². The van der Waals surface area contributed by atoms with Gasteiger partial charge in [-0.05, 0) is 26.2 Å². The van der Waals surface area contributed by atoms with E-state index in [9.17, 15) is 9.00 Å². The summed E-state index contributed by atoms with van der Waals surface area (Å²) in [5.74, 6) is 1.71. The van der Waals surface area contributed by atoms with Gasteiger partial charge >= 0.3 is 0 Å². The van der Waals surface area contributed by atoms with Crippen molar-refractivity contribution < 1.29 is 9.00 Å². The second-order valence-corrected chi connectivity index (χ2v) is 6.57. The number of nitrogens with one attached hydrogen (secondary N) is 1. The monoisotopic (exact) mass is 244 g/mol. The van der Waals surface area contributed by atoms with E-state index in [0.29, 0.717) is 12.7 Å². The van der Waals surface area contributed by atoms with Gasteiger partial charge in [-0.1, -0.05) is 6.92 Å². The number of carbonyl (C=O) groups excluding carboxylic acids is 1. The van der Waals surface area contributed by atoms with Gasteiger partial charge in [-0.15, -0.1) is 0 Å². The lowest BCUT2D eigenvalue weighted by atomic mass is 9.98. The minimum atomic E-state index is -0.652. The fourth-order valence-corrected chi connectivity index (χ4v) is 3.66. The molecule has 2 heterocycles. The summed E-state index contributed by atoms with van der Waals surface area (Å²) in [6.07, 6.45) is 2.60. The average molecular weight is 244 g/mol. The van der Waals surface area contributed by atoms with Gasteiger partial charge in [-0.2, -0.15) is 0 Å². The van der Waals surface area contributed by atoms with Crippen molar-refractivity contribution in [2.75, 3.05) is 18.2 Å². The van der Waals surface area contributed by atoms with Crippen LogP contribution in [0, 0.1) is 0 Å². The molecule has 1 N–H and O–H groups in total. The number of hydrogen-bond donors (Lipinski definition) is 1. The van der Waals surface area contributed by atoms with Crippen LogP contribution in [0.25, 0.3) is 0 Å². The predicted octanol–water partition coefficient (Wildman–Crippen LogP) is 0.456. The van der Waals surface area contributed by atoms with E-state index in [1.807, 2.05) is 18.7 Å². The highest BCUT2D eigenvalue weighted by Gasteiger charge is 2.43. The minimum Gasteiger partial charge on any atom is -0.325 e. The molecule has 0 bridgehead atoms. The van der Waals surface area contributed by atoms with E-state index in [-0.39, 0.29) is 11.4 Å². The van der Waals surface area contributed by atoms with Crippen LogP contribution in [0.1, 0.15) is 33.1 Å². The van der Waals surface area contributed by atoms with E-state index >= 15 is 0 Å². The van der Waals surface area contributed by atoms with E-state index < -0.39 is 10.8 Å².